The Labute approximate surface area is 156 Å². The molecule has 0 heterocycles. The lowest BCUT2D eigenvalue weighted by molar-refractivity contribution is -0.136. The zero-order valence-electron chi connectivity index (χ0n) is 14.7. The molecule has 0 aliphatic heterocycles. The van der Waals surface area contributed by atoms with Crippen molar-refractivity contribution in [3.8, 4) is 11.5 Å². The number of benzene rings is 2. The number of amides is 2. The van der Waals surface area contributed by atoms with Gasteiger partial charge in [0.05, 0.1) is 24.8 Å². The van der Waals surface area contributed by atoms with Crippen molar-refractivity contribution in [3.05, 3.63) is 48.0 Å². The van der Waals surface area contributed by atoms with Gasteiger partial charge in [0.25, 0.3) is 0 Å². The zero-order chi connectivity index (χ0) is 20.0. The Morgan fingerprint density at radius 1 is 1.00 bits per heavy atom. The Kier molecular flexibility index (Phi) is 6.37. The molecule has 0 saturated heterocycles. The first-order valence-electron chi connectivity index (χ1n) is 7.67. The van der Waals surface area contributed by atoms with Crippen molar-refractivity contribution in [1.29, 1.82) is 0 Å². The average Bonchev–Trinajstić information content (AvgIpc) is 2.65. The first kappa shape index (κ1) is 20.2. The van der Waals surface area contributed by atoms with Crippen LogP contribution >= 0.6 is 0 Å². The van der Waals surface area contributed by atoms with Crippen LogP contribution in [0.1, 0.15) is 5.56 Å². The van der Waals surface area contributed by atoms with Gasteiger partial charge in [0.2, 0.25) is 10.0 Å². The zero-order valence-corrected chi connectivity index (χ0v) is 15.5. The summed E-state index contributed by atoms with van der Waals surface area (Å²) in [4.78, 5) is 24.0. The van der Waals surface area contributed by atoms with E-state index in [0.717, 1.165) is 0 Å². The van der Waals surface area contributed by atoms with Crippen molar-refractivity contribution in [2.75, 3.05) is 19.5 Å². The maximum atomic E-state index is 12.1. The molecule has 144 valence electrons. The molecule has 0 unspecified atom stereocenters. The molecule has 2 aromatic carbocycles. The quantitative estimate of drug-likeness (QED) is 0.615. The van der Waals surface area contributed by atoms with E-state index < -0.39 is 21.8 Å². The number of carbonyl (C=O) groups is 2. The minimum Gasteiger partial charge on any atom is -0.497 e. The fourth-order valence-electron chi connectivity index (χ4n) is 2.15. The Bertz CT molecular complexity index is 942. The van der Waals surface area contributed by atoms with Crippen molar-refractivity contribution in [3.63, 3.8) is 0 Å². The van der Waals surface area contributed by atoms with Crippen LogP contribution in [0.3, 0.4) is 0 Å². The lowest BCUT2D eigenvalue weighted by Crippen LogP contribution is -2.35. The summed E-state index contributed by atoms with van der Waals surface area (Å²) in [7, 11) is -0.878. The molecule has 2 amide bonds. The average molecular weight is 393 g/mol. The van der Waals surface area contributed by atoms with Crippen LogP contribution in [0.2, 0.25) is 0 Å². The summed E-state index contributed by atoms with van der Waals surface area (Å²) in [5.41, 5.74) is 0.886. The molecule has 2 aromatic rings. The summed E-state index contributed by atoms with van der Waals surface area (Å²) < 4.78 is 32.6. The van der Waals surface area contributed by atoms with Gasteiger partial charge >= 0.3 is 11.8 Å². The summed E-state index contributed by atoms with van der Waals surface area (Å²) in [5.74, 6) is -0.893. The third-order valence-electron chi connectivity index (χ3n) is 3.57. The van der Waals surface area contributed by atoms with Crippen LogP contribution < -0.4 is 25.2 Å². The number of ether oxygens (including phenoxy) is 2. The van der Waals surface area contributed by atoms with E-state index in [4.69, 9.17) is 14.6 Å². The smallest absolute Gasteiger partial charge is 0.313 e. The molecule has 0 saturated carbocycles. The van der Waals surface area contributed by atoms with Gasteiger partial charge in [-0.1, -0.05) is 12.1 Å². The molecule has 0 aromatic heterocycles. The van der Waals surface area contributed by atoms with E-state index in [1.165, 1.54) is 44.6 Å². The van der Waals surface area contributed by atoms with Crippen LogP contribution in [0, 0.1) is 0 Å². The predicted molar refractivity (Wildman–Crippen MR) is 97.8 cm³/mol. The molecule has 0 aliphatic rings. The maximum Gasteiger partial charge on any atom is 0.313 e. The molecule has 0 aliphatic carbocycles. The topological polar surface area (TPSA) is 137 Å². The van der Waals surface area contributed by atoms with E-state index in [0.29, 0.717) is 17.1 Å². The highest BCUT2D eigenvalue weighted by Gasteiger charge is 2.16. The summed E-state index contributed by atoms with van der Waals surface area (Å²) in [5, 5.41) is 9.91. The minimum absolute atomic E-state index is 0.0341. The first-order chi connectivity index (χ1) is 12.7. The van der Waals surface area contributed by atoms with Crippen LogP contribution in [0.15, 0.2) is 47.4 Å². The van der Waals surface area contributed by atoms with E-state index >= 15 is 0 Å². The highest BCUT2D eigenvalue weighted by atomic mass is 32.2. The molecular weight excluding hydrogens is 374 g/mol. The minimum atomic E-state index is -3.78. The SMILES string of the molecule is COc1ccc(OC)c(NC(=O)C(=O)NCc2ccc(S(N)(=O)=O)cc2)c1. The predicted octanol–water partition coefficient (Wildman–Crippen LogP) is 0.606. The second-order valence-electron chi connectivity index (χ2n) is 5.39. The first-order valence-corrected chi connectivity index (χ1v) is 9.22. The lowest BCUT2D eigenvalue weighted by Gasteiger charge is -2.12. The molecule has 27 heavy (non-hydrogen) atoms. The Morgan fingerprint density at radius 2 is 1.67 bits per heavy atom. The molecule has 10 heteroatoms. The number of anilines is 1. The van der Waals surface area contributed by atoms with Gasteiger partial charge in [-0.2, -0.15) is 0 Å². The summed E-state index contributed by atoms with van der Waals surface area (Å²) in [6.07, 6.45) is 0. The lowest BCUT2D eigenvalue weighted by atomic mass is 10.2. The van der Waals surface area contributed by atoms with E-state index in [-0.39, 0.29) is 17.1 Å². The van der Waals surface area contributed by atoms with Crippen LogP contribution in [0.25, 0.3) is 0 Å². The number of nitrogens with two attached hydrogens (primary N) is 1. The van der Waals surface area contributed by atoms with Gasteiger partial charge in [0, 0.05) is 12.6 Å². The number of rotatable bonds is 6. The Hall–Kier alpha value is -3.11. The van der Waals surface area contributed by atoms with Gasteiger partial charge in [-0.05, 0) is 29.8 Å². The van der Waals surface area contributed by atoms with Crippen molar-refractivity contribution in [2.45, 2.75) is 11.4 Å². The van der Waals surface area contributed by atoms with Gasteiger partial charge in [-0.15, -0.1) is 0 Å². The highest BCUT2D eigenvalue weighted by molar-refractivity contribution is 7.89. The van der Waals surface area contributed by atoms with Crippen LogP contribution in [0.5, 0.6) is 11.5 Å². The number of nitrogens with one attached hydrogen (secondary N) is 2. The maximum absolute atomic E-state index is 12.1. The third kappa shape index (κ3) is 5.43. The van der Waals surface area contributed by atoms with E-state index in [1.807, 2.05) is 0 Å². The standard InChI is InChI=1S/C17H19N3O6S/c1-25-12-5-8-15(26-2)14(9-12)20-17(22)16(21)19-10-11-3-6-13(7-4-11)27(18,23)24/h3-9H,10H2,1-2H3,(H,19,21)(H,20,22)(H2,18,23,24). The largest absolute Gasteiger partial charge is 0.497 e. The van der Waals surface area contributed by atoms with Crippen molar-refractivity contribution >= 4 is 27.5 Å². The fraction of sp³-hybridized carbons (Fsp3) is 0.176. The van der Waals surface area contributed by atoms with Crippen LogP contribution in [0.4, 0.5) is 5.69 Å². The number of hydrogen-bond donors (Lipinski definition) is 3. The molecular formula is C17H19N3O6S. The second kappa shape index (κ2) is 8.52. The molecule has 2 rings (SSSR count). The number of hydrogen-bond acceptors (Lipinski definition) is 6. The van der Waals surface area contributed by atoms with Gasteiger partial charge in [-0.25, -0.2) is 13.6 Å². The monoisotopic (exact) mass is 393 g/mol. The Morgan fingerprint density at radius 3 is 2.22 bits per heavy atom. The van der Waals surface area contributed by atoms with Gasteiger partial charge in [0.1, 0.15) is 11.5 Å². The molecule has 0 atom stereocenters. The number of primary sulfonamides is 1. The van der Waals surface area contributed by atoms with Gasteiger partial charge in [0.15, 0.2) is 0 Å². The van der Waals surface area contributed by atoms with Crippen molar-refractivity contribution in [2.24, 2.45) is 5.14 Å². The molecule has 4 N–H and O–H groups in total. The van der Waals surface area contributed by atoms with Crippen molar-refractivity contribution in [1.82, 2.24) is 5.32 Å². The summed E-state index contributed by atoms with van der Waals surface area (Å²) in [6.45, 7) is 0.0341. The molecule has 0 spiro atoms. The Balaban J connectivity index is 1.99. The number of methoxy groups -OCH3 is 2. The molecule has 0 bridgehead atoms. The molecule has 0 radical (unpaired) electrons. The highest BCUT2D eigenvalue weighted by Crippen LogP contribution is 2.28. The molecule has 0 fully saturated rings. The van der Waals surface area contributed by atoms with Crippen LogP contribution in [-0.4, -0.2) is 34.5 Å². The van der Waals surface area contributed by atoms with Gasteiger partial charge in [-0.3, -0.25) is 9.59 Å². The van der Waals surface area contributed by atoms with E-state index in [9.17, 15) is 18.0 Å². The summed E-state index contributed by atoms with van der Waals surface area (Å²) >= 11 is 0. The second-order valence-corrected chi connectivity index (χ2v) is 6.95. The normalized spacial score (nSPS) is 10.8. The van der Waals surface area contributed by atoms with E-state index in [1.54, 1.807) is 12.1 Å². The van der Waals surface area contributed by atoms with Crippen molar-refractivity contribution < 1.29 is 27.5 Å². The van der Waals surface area contributed by atoms with Crippen LogP contribution in [-0.2, 0) is 26.2 Å². The molecule has 9 nitrogen and oxygen atoms in total. The number of carbonyl (C=O) groups excluding carboxylic acids is 2. The summed E-state index contributed by atoms with van der Waals surface area (Å²) in [6, 6.07) is 10.4. The number of sulfonamides is 1. The van der Waals surface area contributed by atoms with E-state index in [2.05, 4.69) is 10.6 Å². The van der Waals surface area contributed by atoms with Gasteiger partial charge < -0.3 is 20.1 Å². The third-order valence-corrected chi connectivity index (χ3v) is 4.50. The fourth-order valence-corrected chi connectivity index (χ4v) is 2.67.